The van der Waals surface area contributed by atoms with Crippen LogP contribution in [-0.2, 0) is 0 Å². The van der Waals surface area contributed by atoms with Gasteiger partial charge in [-0.05, 0) is 38.8 Å². The van der Waals surface area contributed by atoms with Gasteiger partial charge < -0.3 is 20.3 Å². The van der Waals surface area contributed by atoms with E-state index in [1.807, 2.05) is 6.07 Å². The van der Waals surface area contributed by atoms with Gasteiger partial charge in [-0.2, -0.15) is 0 Å². The minimum atomic E-state index is -0.0193. The Balaban J connectivity index is 0.00000150. The molecule has 4 rings (SSSR count). The number of halogens is 2. The maximum absolute atomic E-state index is 5.95. The third-order valence-electron chi connectivity index (χ3n) is 5.86. The molecule has 1 aromatic carbocycles. The van der Waals surface area contributed by atoms with E-state index in [0.29, 0.717) is 12.0 Å². The number of rotatable bonds is 4. The van der Waals surface area contributed by atoms with E-state index >= 15 is 0 Å². The summed E-state index contributed by atoms with van der Waals surface area (Å²) in [7, 11) is 1.71. The molecule has 1 aromatic heterocycles. The fourth-order valence-electron chi connectivity index (χ4n) is 4.27. The summed E-state index contributed by atoms with van der Waals surface area (Å²) in [4.78, 5) is 13.9. The maximum atomic E-state index is 5.95. The molecule has 0 radical (unpaired) electrons. The van der Waals surface area contributed by atoms with Crippen LogP contribution in [0, 0.1) is 0 Å². The van der Waals surface area contributed by atoms with Crippen molar-refractivity contribution in [1.29, 1.82) is 0 Å². The van der Waals surface area contributed by atoms with Crippen molar-refractivity contribution in [3.8, 4) is 5.75 Å². The van der Waals surface area contributed by atoms with Gasteiger partial charge in [-0.25, -0.2) is 9.97 Å². The predicted molar refractivity (Wildman–Crippen MR) is 123 cm³/mol. The van der Waals surface area contributed by atoms with Crippen LogP contribution in [0.4, 0.5) is 11.5 Å². The molecule has 160 valence electrons. The lowest BCUT2D eigenvalue weighted by Gasteiger charge is -2.49. The van der Waals surface area contributed by atoms with Crippen LogP contribution in [0.1, 0.15) is 38.3 Å². The van der Waals surface area contributed by atoms with E-state index in [1.54, 1.807) is 13.4 Å². The van der Waals surface area contributed by atoms with Gasteiger partial charge in [0.15, 0.2) is 0 Å². The van der Waals surface area contributed by atoms with E-state index in [2.05, 4.69) is 57.9 Å². The monoisotopic (exact) mass is 439 g/mol. The quantitative estimate of drug-likeness (QED) is 0.783. The van der Waals surface area contributed by atoms with Gasteiger partial charge in [0.05, 0.1) is 12.6 Å². The first kappa shape index (κ1) is 23.5. The Morgan fingerprint density at radius 2 is 1.86 bits per heavy atom. The number of methoxy groups -OCH3 is 1. The smallest absolute Gasteiger partial charge is 0.132 e. The summed E-state index contributed by atoms with van der Waals surface area (Å²) < 4.78 is 5.40. The number of anilines is 2. The third kappa shape index (κ3) is 4.87. The molecule has 0 spiro atoms. The summed E-state index contributed by atoms with van der Waals surface area (Å²) in [5, 5.41) is 0. The Bertz CT molecular complexity index is 813. The second-order valence-electron chi connectivity index (χ2n) is 8.32. The van der Waals surface area contributed by atoms with E-state index < -0.39 is 0 Å². The summed E-state index contributed by atoms with van der Waals surface area (Å²) in [6.07, 6.45) is 3.77. The van der Waals surface area contributed by atoms with Gasteiger partial charge in [-0.3, -0.25) is 0 Å². The van der Waals surface area contributed by atoms with Crippen molar-refractivity contribution in [2.45, 2.75) is 44.2 Å². The van der Waals surface area contributed by atoms with Crippen LogP contribution in [0.25, 0.3) is 0 Å². The van der Waals surface area contributed by atoms with Crippen molar-refractivity contribution in [3.63, 3.8) is 0 Å². The molecule has 0 amide bonds. The highest BCUT2D eigenvalue weighted by molar-refractivity contribution is 5.85. The number of aromatic nitrogens is 2. The molecule has 1 saturated carbocycles. The molecule has 6 nitrogen and oxygen atoms in total. The van der Waals surface area contributed by atoms with Gasteiger partial charge in [-0.15, -0.1) is 24.8 Å². The first-order chi connectivity index (χ1) is 13.0. The first-order valence-electron chi connectivity index (χ1n) is 9.70. The zero-order valence-electron chi connectivity index (χ0n) is 17.2. The highest BCUT2D eigenvalue weighted by atomic mass is 35.5. The Morgan fingerprint density at radius 1 is 1.10 bits per heavy atom. The number of hydrogen-bond donors (Lipinski definition) is 1. The Kier molecular flexibility index (Phi) is 7.60. The molecule has 29 heavy (non-hydrogen) atoms. The summed E-state index contributed by atoms with van der Waals surface area (Å²) in [6, 6.07) is 10.8. The molecule has 2 heterocycles. The van der Waals surface area contributed by atoms with Crippen molar-refractivity contribution >= 4 is 36.3 Å². The predicted octanol–water partition coefficient (Wildman–Crippen LogP) is 3.64. The van der Waals surface area contributed by atoms with Gasteiger partial charge in [0, 0.05) is 55.1 Å². The first-order valence-corrected chi connectivity index (χ1v) is 9.70. The number of hydrogen-bond acceptors (Lipinski definition) is 6. The van der Waals surface area contributed by atoms with Crippen molar-refractivity contribution in [3.05, 3.63) is 42.4 Å². The largest absolute Gasteiger partial charge is 0.497 e. The second kappa shape index (κ2) is 9.37. The van der Waals surface area contributed by atoms with Crippen LogP contribution in [0.3, 0.4) is 0 Å². The average Bonchev–Trinajstić information content (AvgIpc) is 2.65. The number of piperazine rings is 1. The summed E-state index contributed by atoms with van der Waals surface area (Å²) in [5.41, 5.74) is 8.26. The Labute approximate surface area is 185 Å². The van der Waals surface area contributed by atoms with Crippen LogP contribution >= 0.6 is 24.8 Å². The minimum absolute atomic E-state index is 0. The lowest BCUT2D eigenvalue weighted by Crippen LogP contribution is -2.60. The fourth-order valence-corrected chi connectivity index (χ4v) is 4.27. The van der Waals surface area contributed by atoms with Gasteiger partial charge in [0.25, 0.3) is 0 Å². The summed E-state index contributed by atoms with van der Waals surface area (Å²) in [6.45, 7) is 7.34. The molecule has 2 aromatic rings. The van der Waals surface area contributed by atoms with Gasteiger partial charge in [0.1, 0.15) is 17.9 Å². The van der Waals surface area contributed by atoms with E-state index in [9.17, 15) is 0 Å². The van der Waals surface area contributed by atoms with Crippen LogP contribution in [0.5, 0.6) is 5.75 Å². The van der Waals surface area contributed by atoms with Crippen LogP contribution in [0.2, 0.25) is 0 Å². The van der Waals surface area contributed by atoms with Gasteiger partial charge in [-0.1, -0.05) is 6.07 Å². The number of benzene rings is 1. The van der Waals surface area contributed by atoms with Crippen LogP contribution in [-0.4, -0.2) is 48.3 Å². The molecule has 2 aliphatic rings. The van der Waals surface area contributed by atoms with Crippen molar-refractivity contribution in [2.24, 2.45) is 5.73 Å². The summed E-state index contributed by atoms with van der Waals surface area (Å²) in [5.74, 6) is 2.41. The normalized spacial score (nSPS) is 22.8. The highest BCUT2D eigenvalue weighted by Gasteiger charge is 2.35. The summed E-state index contributed by atoms with van der Waals surface area (Å²) >= 11 is 0. The number of nitrogens with zero attached hydrogens (tertiary/aromatic N) is 4. The number of ether oxygens (including phenoxy) is 1. The minimum Gasteiger partial charge on any atom is -0.497 e. The van der Waals surface area contributed by atoms with Gasteiger partial charge >= 0.3 is 0 Å². The molecule has 1 saturated heterocycles. The number of nitrogens with two attached hydrogens (primary N) is 1. The SMILES string of the molecule is COc1cccc(N2CCN(c3cc(C4CC(N)C4)ncn3)CC2(C)C)c1.Cl.Cl. The molecule has 2 fully saturated rings. The van der Waals surface area contributed by atoms with E-state index in [0.717, 1.165) is 49.7 Å². The van der Waals surface area contributed by atoms with Gasteiger partial charge in [0.2, 0.25) is 0 Å². The Morgan fingerprint density at radius 3 is 2.52 bits per heavy atom. The molecular formula is C21H31Cl2N5O. The maximum Gasteiger partial charge on any atom is 0.132 e. The second-order valence-corrected chi connectivity index (χ2v) is 8.32. The van der Waals surface area contributed by atoms with Crippen molar-refractivity contribution in [1.82, 2.24) is 9.97 Å². The molecular weight excluding hydrogens is 409 g/mol. The molecule has 0 atom stereocenters. The van der Waals surface area contributed by atoms with E-state index in [-0.39, 0.29) is 30.4 Å². The topological polar surface area (TPSA) is 67.5 Å². The van der Waals surface area contributed by atoms with E-state index in [1.165, 1.54) is 5.69 Å². The lowest BCUT2D eigenvalue weighted by molar-refractivity contribution is 0.344. The molecule has 1 aliphatic heterocycles. The third-order valence-corrected chi connectivity index (χ3v) is 5.86. The molecule has 2 N–H and O–H groups in total. The van der Waals surface area contributed by atoms with Crippen molar-refractivity contribution in [2.75, 3.05) is 36.5 Å². The molecule has 1 aliphatic carbocycles. The zero-order chi connectivity index (χ0) is 19.0. The highest BCUT2D eigenvalue weighted by Crippen LogP contribution is 2.36. The van der Waals surface area contributed by atoms with E-state index in [4.69, 9.17) is 10.5 Å². The molecule has 8 heteroatoms. The van der Waals surface area contributed by atoms with Crippen LogP contribution in [0.15, 0.2) is 36.7 Å². The standard InChI is InChI=1S/C21H29N5O.2ClH/c1-21(2)13-25(7-8-26(21)17-5-4-6-18(11-17)27-3)20-12-19(23-14-24-20)15-9-16(22)10-15;;/h4-6,11-12,14-16H,7-10,13,22H2,1-3H3;2*1H. The zero-order valence-corrected chi connectivity index (χ0v) is 18.9. The Hall–Kier alpha value is -1.76. The molecule has 0 unspecified atom stereocenters. The van der Waals surface area contributed by atoms with Crippen LogP contribution < -0.4 is 20.3 Å². The lowest BCUT2D eigenvalue weighted by atomic mass is 9.78. The molecule has 0 bridgehead atoms. The van der Waals surface area contributed by atoms with Crippen molar-refractivity contribution < 1.29 is 4.74 Å². The average molecular weight is 440 g/mol. The fraction of sp³-hybridized carbons (Fsp3) is 0.524.